The number of amides is 1. The van der Waals surface area contributed by atoms with Crippen LogP contribution in [0.5, 0.6) is 0 Å². The van der Waals surface area contributed by atoms with Gasteiger partial charge in [0, 0.05) is 31.1 Å². The van der Waals surface area contributed by atoms with Crippen LogP contribution in [0.25, 0.3) is 0 Å². The van der Waals surface area contributed by atoms with Crippen LogP contribution in [0.1, 0.15) is 31.7 Å². The number of nitrogens with zero attached hydrogens (tertiary/aromatic N) is 2. The van der Waals surface area contributed by atoms with Crippen molar-refractivity contribution in [2.45, 2.75) is 33.1 Å². The van der Waals surface area contributed by atoms with Crippen LogP contribution < -0.4 is 4.31 Å². The first-order valence-corrected chi connectivity index (χ1v) is 10.4. The van der Waals surface area contributed by atoms with Crippen molar-refractivity contribution in [3.63, 3.8) is 0 Å². The molecule has 1 aliphatic rings. The first-order valence-electron chi connectivity index (χ1n) is 8.20. The summed E-state index contributed by atoms with van der Waals surface area (Å²) in [5.41, 5.74) is 1.23. The molecule has 1 saturated heterocycles. The first kappa shape index (κ1) is 19.1. The highest BCUT2D eigenvalue weighted by Crippen LogP contribution is 2.28. The van der Waals surface area contributed by atoms with Crippen LogP contribution >= 0.6 is 11.6 Å². The zero-order chi connectivity index (χ0) is 17.9. The molecule has 0 saturated carbocycles. The summed E-state index contributed by atoms with van der Waals surface area (Å²) < 4.78 is 25.6. The standard InChI is InChI=1S/C17H25ClN2O3S/c1-13-7-10-19(11-8-13)17(21)9-12-20(24(3,22)23)16-6-4-5-15(18)14(16)2/h4-6,13H,7-12H2,1-3H3. The normalized spacial score (nSPS) is 16.2. The highest BCUT2D eigenvalue weighted by Gasteiger charge is 2.24. The van der Waals surface area contributed by atoms with E-state index in [2.05, 4.69) is 6.92 Å². The largest absolute Gasteiger partial charge is 0.343 e. The lowest BCUT2D eigenvalue weighted by atomic mass is 9.99. The van der Waals surface area contributed by atoms with Gasteiger partial charge in [-0.1, -0.05) is 24.6 Å². The smallest absolute Gasteiger partial charge is 0.232 e. The van der Waals surface area contributed by atoms with Gasteiger partial charge in [-0.25, -0.2) is 8.42 Å². The Bertz CT molecular complexity index is 698. The van der Waals surface area contributed by atoms with E-state index in [1.165, 1.54) is 4.31 Å². The lowest BCUT2D eigenvalue weighted by Gasteiger charge is -2.31. The molecule has 0 bridgehead atoms. The Balaban J connectivity index is 2.11. The van der Waals surface area contributed by atoms with E-state index in [0.717, 1.165) is 32.2 Å². The molecule has 0 unspecified atom stereocenters. The minimum absolute atomic E-state index is 0.00947. The van der Waals surface area contributed by atoms with Crippen LogP contribution in [0.2, 0.25) is 5.02 Å². The predicted octanol–water partition coefficient (Wildman–Crippen LogP) is 3.06. The molecule has 0 aromatic heterocycles. The van der Waals surface area contributed by atoms with Crippen molar-refractivity contribution >= 4 is 33.2 Å². The third-order valence-corrected chi connectivity index (χ3v) is 6.16. The minimum atomic E-state index is -3.49. The van der Waals surface area contributed by atoms with Gasteiger partial charge in [0.15, 0.2) is 0 Å². The van der Waals surface area contributed by atoms with Crippen LogP contribution in [0.3, 0.4) is 0 Å². The van der Waals surface area contributed by atoms with Crippen molar-refractivity contribution < 1.29 is 13.2 Å². The number of piperidine rings is 1. The molecule has 0 spiro atoms. The third-order valence-electron chi connectivity index (χ3n) is 4.57. The average Bonchev–Trinajstić information content (AvgIpc) is 2.50. The Kier molecular flexibility index (Phi) is 6.15. The molecular formula is C17H25ClN2O3S. The van der Waals surface area contributed by atoms with Gasteiger partial charge in [0.1, 0.15) is 0 Å². The topological polar surface area (TPSA) is 57.7 Å². The van der Waals surface area contributed by atoms with Gasteiger partial charge >= 0.3 is 0 Å². The molecule has 1 aliphatic heterocycles. The third kappa shape index (κ3) is 4.63. The SMILES string of the molecule is Cc1c(Cl)cccc1N(CCC(=O)N1CCC(C)CC1)S(C)(=O)=O. The van der Waals surface area contributed by atoms with Crippen LogP contribution in [0, 0.1) is 12.8 Å². The second-order valence-electron chi connectivity index (χ2n) is 6.53. The monoisotopic (exact) mass is 372 g/mol. The molecule has 1 heterocycles. The number of hydrogen-bond donors (Lipinski definition) is 0. The predicted molar refractivity (Wildman–Crippen MR) is 98.0 cm³/mol. The van der Waals surface area contributed by atoms with Gasteiger partial charge < -0.3 is 4.90 Å². The van der Waals surface area contributed by atoms with Gasteiger partial charge in [-0.15, -0.1) is 0 Å². The summed E-state index contributed by atoms with van der Waals surface area (Å²) in [5, 5.41) is 0.512. The van der Waals surface area contributed by atoms with Gasteiger partial charge in [0.05, 0.1) is 11.9 Å². The number of hydrogen-bond acceptors (Lipinski definition) is 3. The summed E-state index contributed by atoms with van der Waals surface area (Å²) in [6, 6.07) is 5.16. The molecule has 1 aromatic rings. The van der Waals surface area contributed by atoms with Crippen molar-refractivity contribution in [3.05, 3.63) is 28.8 Å². The highest BCUT2D eigenvalue weighted by atomic mass is 35.5. The number of anilines is 1. The van der Waals surface area contributed by atoms with E-state index < -0.39 is 10.0 Å². The maximum atomic E-state index is 12.4. The molecule has 0 radical (unpaired) electrons. The maximum absolute atomic E-state index is 12.4. The number of carbonyl (C=O) groups excluding carboxylic acids is 1. The summed E-state index contributed by atoms with van der Waals surface area (Å²) in [6.07, 6.45) is 3.34. The fourth-order valence-electron chi connectivity index (χ4n) is 2.94. The van der Waals surface area contributed by atoms with Crippen molar-refractivity contribution in [1.82, 2.24) is 4.90 Å². The highest BCUT2D eigenvalue weighted by molar-refractivity contribution is 7.92. The molecule has 2 rings (SSSR count). The molecule has 5 nitrogen and oxygen atoms in total. The van der Waals surface area contributed by atoms with Crippen LogP contribution in [-0.4, -0.2) is 45.1 Å². The summed E-state index contributed by atoms with van der Waals surface area (Å²) in [7, 11) is -3.49. The van der Waals surface area contributed by atoms with Crippen molar-refractivity contribution in [2.24, 2.45) is 5.92 Å². The molecule has 24 heavy (non-hydrogen) atoms. The summed E-state index contributed by atoms with van der Waals surface area (Å²) in [5.74, 6) is 0.658. The van der Waals surface area contributed by atoms with Crippen molar-refractivity contribution in [2.75, 3.05) is 30.2 Å². The second kappa shape index (κ2) is 7.74. The molecular weight excluding hydrogens is 348 g/mol. The number of likely N-dealkylation sites (tertiary alicyclic amines) is 1. The Morgan fingerprint density at radius 3 is 2.54 bits per heavy atom. The van der Waals surface area contributed by atoms with E-state index in [-0.39, 0.29) is 18.9 Å². The zero-order valence-electron chi connectivity index (χ0n) is 14.5. The van der Waals surface area contributed by atoms with E-state index in [9.17, 15) is 13.2 Å². The van der Waals surface area contributed by atoms with E-state index in [1.807, 2.05) is 4.90 Å². The van der Waals surface area contributed by atoms with E-state index in [0.29, 0.717) is 22.2 Å². The molecule has 1 amide bonds. The Morgan fingerprint density at radius 1 is 1.33 bits per heavy atom. The van der Waals surface area contributed by atoms with E-state index >= 15 is 0 Å². The molecule has 0 atom stereocenters. The van der Waals surface area contributed by atoms with Gasteiger partial charge in [-0.3, -0.25) is 9.10 Å². The molecule has 1 fully saturated rings. The van der Waals surface area contributed by atoms with Crippen LogP contribution in [0.4, 0.5) is 5.69 Å². The lowest BCUT2D eigenvalue weighted by molar-refractivity contribution is -0.132. The van der Waals surface area contributed by atoms with Crippen LogP contribution in [-0.2, 0) is 14.8 Å². The maximum Gasteiger partial charge on any atom is 0.232 e. The molecule has 0 N–H and O–H groups in total. The minimum Gasteiger partial charge on any atom is -0.343 e. The fourth-order valence-corrected chi connectivity index (χ4v) is 4.09. The average molecular weight is 373 g/mol. The summed E-state index contributed by atoms with van der Waals surface area (Å²) >= 11 is 6.11. The van der Waals surface area contributed by atoms with Gasteiger partial charge in [0.25, 0.3) is 0 Å². The quantitative estimate of drug-likeness (QED) is 0.798. The zero-order valence-corrected chi connectivity index (χ0v) is 16.0. The van der Waals surface area contributed by atoms with Crippen molar-refractivity contribution in [3.8, 4) is 0 Å². The molecule has 0 aliphatic carbocycles. The van der Waals surface area contributed by atoms with E-state index in [4.69, 9.17) is 11.6 Å². The fraction of sp³-hybridized carbons (Fsp3) is 0.588. The summed E-state index contributed by atoms with van der Waals surface area (Å²) in [6.45, 7) is 5.62. The van der Waals surface area contributed by atoms with Crippen LogP contribution in [0.15, 0.2) is 18.2 Å². The number of rotatable bonds is 5. The molecule has 7 heteroatoms. The molecule has 1 aromatic carbocycles. The number of halogens is 1. The second-order valence-corrected chi connectivity index (χ2v) is 8.85. The van der Waals surface area contributed by atoms with Gasteiger partial charge in [-0.05, 0) is 43.4 Å². The van der Waals surface area contributed by atoms with Gasteiger partial charge in [0.2, 0.25) is 15.9 Å². The lowest BCUT2D eigenvalue weighted by Crippen LogP contribution is -2.40. The number of sulfonamides is 1. The summed E-state index contributed by atoms with van der Waals surface area (Å²) in [4.78, 5) is 14.2. The Morgan fingerprint density at radius 2 is 1.96 bits per heavy atom. The van der Waals surface area contributed by atoms with Crippen molar-refractivity contribution in [1.29, 1.82) is 0 Å². The number of carbonyl (C=O) groups is 1. The number of benzene rings is 1. The van der Waals surface area contributed by atoms with E-state index in [1.54, 1.807) is 25.1 Å². The molecule has 134 valence electrons. The Labute approximate surface area is 149 Å². The van der Waals surface area contributed by atoms with Gasteiger partial charge in [-0.2, -0.15) is 0 Å². The Hall–Kier alpha value is -1.27. The first-order chi connectivity index (χ1) is 11.2.